The molecule has 150 valence electrons. The van der Waals surface area contributed by atoms with Crippen LogP contribution in [0.2, 0.25) is 0 Å². The van der Waals surface area contributed by atoms with Gasteiger partial charge in [0.15, 0.2) is 0 Å². The molecule has 0 radical (unpaired) electrons. The van der Waals surface area contributed by atoms with Gasteiger partial charge in [-0.2, -0.15) is 0 Å². The van der Waals surface area contributed by atoms with Gasteiger partial charge in [0.25, 0.3) is 0 Å². The summed E-state index contributed by atoms with van der Waals surface area (Å²) in [5, 5.41) is 0.431. The minimum Gasteiger partial charge on any atom is -0.123 e. The molecule has 2 heteroatoms. The lowest BCUT2D eigenvalue weighted by Gasteiger charge is -2.05. The molecule has 0 heterocycles. The Bertz CT molecular complexity index is 182. The molecule has 0 saturated carbocycles. The van der Waals surface area contributed by atoms with Gasteiger partial charge >= 0.3 is 0 Å². The number of hydrogen-bond donors (Lipinski definition) is 0. The molecule has 0 bridgehead atoms. The number of alkyl halides is 2. The lowest BCUT2D eigenvalue weighted by Crippen LogP contribution is -1.99. The van der Waals surface area contributed by atoms with Gasteiger partial charge in [-0.1, -0.05) is 87.0 Å². The van der Waals surface area contributed by atoms with Crippen LogP contribution in [0.5, 0.6) is 0 Å². The minimum atomic E-state index is 0.215. The smallest absolute Gasteiger partial charge is 0.0321 e. The van der Waals surface area contributed by atoms with Crippen molar-refractivity contribution in [2.24, 2.45) is 17.8 Å². The van der Waals surface area contributed by atoms with Crippen LogP contribution in [-0.4, -0.2) is 10.8 Å². The third kappa shape index (κ3) is 43.3. The van der Waals surface area contributed by atoms with E-state index in [2.05, 4.69) is 48.5 Å². The van der Waals surface area contributed by atoms with Crippen molar-refractivity contribution in [1.82, 2.24) is 0 Å². The highest BCUT2D eigenvalue weighted by atomic mass is 35.5. The molecule has 0 spiro atoms. The van der Waals surface area contributed by atoms with Gasteiger partial charge in [0, 0.05) is 10.8 Å². The van der Waals surface area contributed by atoms with E-state index in [9.17, 15) is 0 Å². The number of rotatable bonds is 10. The first kappa shape index (κ1) is 29.3. The van der Waals surface area contributed by atoms with E-state index in [4.69, 9.17) is 23.2 Å². The quantitative estimate of drug-likeness (QED) is 0.260. The Kier molecular flexibility index (Phi) is 26.4. The number of hydrogen-bond acceptors (Lipinski definition) is 0. The summed E-state index contributed by atoms with van der Waals surface area (Å²) in [4.78, 5) is 0. The van der Waals surface area contributed by atoms with Crippen molar-refractivity contribution < 1.29 is 0 Å². The van der Waals surface area contributed by atoms with Crippen LogP contribution in [0.4, 0.5) is 0 Å². The Morgan fingerprint density at radius 3 is 1.17 bits per heavy atom. The van der Waals surface area contributed by atoms with Gasteiger partial charge in [0.2, 0.25) is 0 Å². The van der Waals surface area contributed by atoms with Crippen LogP contribution >= 0.6 is 23.2 Å². The van der Waals surface area contributed by atoms with E-state index >= 15 is 0 Å². The van der Waals surface area contributed by atoms with Gasteiger partial charge < -0.3 is 0 Å². The van der Waals surface area contributed by atoms with Gasteiger partial charge in [0.1, 0.15) is 0 Å². The van der Waals surface area contributed by atoms with E-state index in [0.29, 0.717) is 0 Å². The lowest BCUT2D eigenvalue weighted by atomic mass is 10.0. The number of halogens is 2. The first-order valence-electron chi connectivity index (χ1n) is 10.3. The molecule has 2 unspecified atom stereocenters. The molecule has 0 aromatic carbocycles. The minimum absolute atomic E-state index is 0.215. The molecule has 0 aromatic heterocycles. The highest BCUT2D eigenvalue weighted by Gasteiger charge is 2.00. The fourth-order valence-corrected chi connectivity index (χ4v) is 3.17. The van der Waals surface area contributed by atoms with Crippen molar-refractivity contribution >= 4 is 23.2 Å². The highest BCUT2D eigenvalue weighted by Crippen LogP contribution is 2.10. The maximum atomic E-state index is 5.59. The zero-order chi connectivity index (χ0) is 19.5. The molecule has 0 saturated heterocycles. The summed E-state index contributed by atoms with van der Waals surface area (Å²) >= 11 is 11.2. The third-order valence-electron chi connectivity index (χ3n) is 3.48. The van der Waals surface area contributed by atoms with Crippen molar-refractivity contribution in [2.45, 2.75) is 124 Å². The summed E-state index contributed by atoms with van der Waals surface area (Å²) < 4.78 is 0. The predicted octanol–water partition coefficient (Wildman–Crippen LogP) is 9.32. The lowest BCUT2D eigenvalue weighted by molar-refractivity contribution is 0.469. The largest absolute Gasteiger partial charge is 0.123 e. The zero-order valence-corrected chi connectivity index (χ0v) is 19.8. The molecule has 0 aromatic rings. The second-order valence-electron chi connectivity index (χ2n) is 8.42. The SMILES string of the molecule is CC(C)CC(C)C.CC(Cl)CC(C)Cl.CCCCCCCC(C)C. The van der Waals surface area contributed by atoms with E-state index in [-0.39, 0.29) is 10.8 Å². The standard InChI is InChI=1S/C10H22.C7H16.C5H10Cl2/c1-4-5-6-7-8-9-10(2)3;1-6(2)5-7(3)4;1-4(6)3-5(2)7/h10H,4-9H2,1-3H3;6-7H,5H2,1-4H3;4-5H,3H2,1-2H3. The molecule has 0 amide bonds. The number of unbranched alkanes of at least 4 members (excludes halogenated alkanes) is 4. The third-order valence-corrected chi connectivity index (χ3v) is 3.83. The molecular weight excluding hydrogens is 335 g/mol. The van der Waals surface area contributed by atoms with Gasteiger partial charge in [-0.3, -0.25) is 0 Å². The molecule has 2 atom stereocenters. The molecule has 0 aliphatic rings. The van der Waals surface area contributed by atoms with Crippen LogP contribution in [0.1, 0.15) is 114 Å². The molecule has 24 heavy (non-hydrogen) atoms. The molecule has 0 aliphatic carbocycles. The fraction of sp³-hybridized carbons (Fsp3) is 1.00. The van der Waals surface area contributed by atoms with Gasteiger partial charge in [0.05, 0.1) is 0 Å². The van der Waals surface area contributed by atoms with Crippen molar-refractivity contribution in [1.29, 1.82) is 0 Å². The van der Waals surface area contributed by atoms with Crippen LogP contribution in [0.15, 0.2) is 0 Å². The van der Waals surface area contributed by atoms with E-state index in [1.165, 1.54) is 44.9 Å². The van der Waals surface area contributed by atoms with Crippen molar-refractivity contribution in [3.05, 3.63) is 0 Å². The molecule has 0 nitrogen and oxygen atoms in total. The molecule has 0 aliphatic heterocycles. The Morgan fingerprint density at radius 2 is 0.958 bits per heavy atom. The zero-order valence-electron chi connectivity index (χ0n) is 18.3. The Hall–Kier alpha value is 0.580. The van der Waals surface area contributed by atoms with Crippen LogP contribution in [0, 0.1) is 17.8 Å². The summed E-state index contributed by atoms with van der Waals surface area (Å²) in [6.07, 6.45) is 10.8. The Balaban J connectivity index is -0.000000283. The summed E-state index contributed by atoms with van der Waals surface area (Å²) in [5.74, 6) is 2.65. The Labute approximate surface area is 165 Å². The van der Waals surface area contributed by atoms with E-state index in [0.717, 1.165) is 24.2 Å². The van der Waals surface area contributed by atoms with Gasteiger partial charge in [-0.25, -0.2) is 0 Å². The first-order valence-corrected chi connectivity index (χ1v) is 11.2. The van der Waals surface area contributed by atoms with Crippen LogP contribution in [-0.2, 0) is 0 Å². The van der Waals surface area contributed by atoms with Crippen LogP contribution in [0.3, 0.4) is 0 Å². The molecule has 0 N–H and O–H groups in total. The molecule has 0 rings (SSSR count). The van der Waals surface area contributed by atoms with Gasteiger partial charge in [-0.05, 0) is 44.4 Å². The fourth-order valence-electron chi connectivity index (χ4n) is 2.55. The average molecular weight is 384 g/mol. The second kappa shape index (κ2) is 21.6. The first-order chi connectivity index (χ1) is 11.0. The summed E-state index contributed by atoms with van der Waals surface area (Å²) in [5.41, 5.74) is 0. The normalized spacial score (nSPS) is 13.2. The van der Waals surface area contributed by atoms with Crippen molar-refractivity contribution in [3.63, 3.8) is 0 Å². The van der Waals surface area contributed by atoms with Crippen molar-refractivity contribution in [3.8, 4) is 0 Å². The van der Waals surface area contributed by atoms with E-state index < -0.39 is 0 Å². The second-order valence-corrected chi connectivity index (χ2v) is 9.91. The van der Waals surface area contributed by atoms with Crippen LogP contribution in [0.25, 0.3) is 0 Å². The maximum absolute atomic E-state index is 5.59. The van der Waals surface area contributed by atoms with Gasteiger partial charge in [-0.15, -0.1) is 23.2 Å². The summed E-state index contributed by atoms with van der Waals surface area (Å²) in [7, 11) is 0. The molecular formula is C22H48Cl2. The van der Waals surface area contributed by atoms with Crippen molar-refractivity contribution in [2.75, 3.05) is 0 Å². The van der Waals surface area contributed by atoms with E-state index in [1.54, 1.807) is 0 Å². The Morgan fingerprint density at radius 1 is 0.542 bits per heavy atom. The van der Waals surface area contributed by atoms with E-state index in [1.807, 2.05) is 13.8 Å². The highest BCUT2D eigenvalue weighted by molar-refractivity contribution is 6.23. The topological polar surface area (TPSA) is 0 Å². The maximum Gasteiger partial charge on any atom is 0.0321 e. The molecule has 0 fully saturated rings. The average Bonchev–Trinajstić information content (AvgIpc) is 2.36. The summed E-state index contributed by atoms with van der Waals surface area (Å²) in [6.45, 7) is 19.8. The predicted molar refractivity (Wildman–Crippen MR) is 118 cm³/mol. The van der Waals surface area contributed by atoms with Crippen LogP contribution < -0.4 is 0 Å². The monoisotopic (exact) mass is 382 g/mol. The summed E-state index contributed by atoms with van der Waals surface area (Å²) in [6, 6.07) is 0.